The Hall–Kier alpha value is -1.88. The molecule has 3 saturated heterocycles. The minimum Gasteiger partial charge on any atom is -0.479 e. The maximum atomic E-state index is 14.7. The summed E-state index contributed by atoms with van der Waals surface area (Å²) in [6.07, 6.45) is -14.4. The van der Waals surface area contributed by atoms with Crippen molar-refractivity contribution < 1.29 is 89.1 Å². The monoisotopic (exact) mass is 926 g/mol. The SMILES string of the molecule is CC1CCC2(C(=O)OC3OC(CO)C(O)C(O)C3O)CCC3(C)C(=CCC4C5(C)CCC(OC6OC(C(=O)O)C(O)C(O)C6OC6OCC(O)C(O)C6O)C(C)(C)C5CCC43C)C2C1C. The quantitative estimate of drug-likeness (QED) is 0.0912. The number of fused-ring (bicyclic) bond motifs is 7. The minimum absolute atomic E-state index is 0.115. The van der Waals surface area contributed by atoms with E-state index in [0.29, 0.717) is 25.2 Å². The number of ether oxygens (including phenoxy) is 6. The first-order valence-corrected chi connectivity index (χ1v) is 23.8. The number of aliphatic carboxylic acids is 1. The fourth-order valence-electron chi connectivity index (χ4n) is 15.0. The van der Waals surface area contributed by atoms with Crippen molar-refractivity contribution in [2.75, 3.05) is 13.2 Å². The van der Waals surface area contributed by atoms with Crippen LogP contribution in [-0.4, -0.2) is 168 Å². The average Bonchev–Trinajstić information content (AvgIpc) is 3.25. The van der Waals surface area contributed by atoms with Crippen LogP contribution in [0.2, 0.25) is 0 Å². The molecule has 65 heavy (non-hydrogen) atoms. The highest BCUT2D eigenvalue weighted by Crippen LogP contribution is 2.76. The molecule has 8 aliphatic rings. The maximum absolute atomic E-state index is 14.7. The van der Waals surface area contributed by atoms with Crippen LogP contribution in [-0.2, 0) is 38.0 Å². The van der Waals surface area contributed by atoms with E-state index < -0.39 is 121 Å². The van der Waals surface area contributed by atoms with E-state index >= 15 is 0 Å². The Morgan fingerprint density at radius 1 is 0.723 bits per heavy atom. The fraction of sp³-hybridized carbons (Fsp3) is 0.915. The van der Waals surface area contributed by atoms with Gasteiger partial charge in [-0.15, -0.1) is 0 Å². The van der Waals surface area contributed by atoms with Gasteiger partial charge in [0.1, 0.15) is 61.0 Å². The molecule has 0 aromatic carbocycles. The van der Waals surface area contributed by atoms with Gasteiger partial charge in [-0.05, 0) is 109 Å². The molecule has 4 saturated carbocycles. The molecule has 18 nitrogen and oxygen atoms in total. The van der Waals surface area contributed by atoms with Crippen LogP contribution in [0.4, 0.5) is 0 Å². The highest BCUT2D eigenvalue weighted by atomic mass is 16.8. The lowest BCUT2D eigenvalue weighted by molar-refractivity contribution is -0.366. The van der Waals surface area contributed by atoms with Gasteiger partial charge in [-0.1, -0.05) is 60.1 Å². The number of esters is 1. The standard InChI is InChI=1S/C47H74O18/c1-20-10-15-47(42(59)65-40-35(56)31(52)30(51)24(18-48)61-40)17-16-45(6)22(28(47)21(20)2)8-9-26-44(5)13-12-27(43(3,4)25(44)11-14-46(26,45)7)62-41-37(33(54)32(53)36(63-41)38(57)58)64-39-34(55)29(50)23(49)19-60-39/h8,20-21,23-37,39-41,48-56H,9-19H2,1-7H3,(H,57,58). The first-order valence-electron chi connectivity index (χ1n) is 23.8. The summed E-state index contributed by atoms with van der Waals surface area (Å²) >= 11 is 0. The van der Waals surface area contributed by atoms with Gasteiger partial charge < -0.3 is 79.5 Å². The van der Waals surface area contributed by atoms with Crippen LogP contribution in [0.25, 0.3) is 0 Å². The molecule has 8 rings (SSSR count). The second-order valence-electron chi connectivity index (χ2n) is 22.5. The van der Waals surface area contributed by atoms with Crippen LogP contribution in [0, 0.1) is 56.7 Å². The smallest absolute Gasteiger partial charge is 0.335 e. The van der Waals surface area contributed by atoms with Gasteiger partial charge in [0.05, 0.1) is 24.7 Å². The summed E-state index contributed by atoms with van der Waals surface area (Å²) in [7, 11) is 0. The Balaban J connectivity index is 1.05. The van der Waals surface area contributed by atoms with Crippen molar-refractivity contribution in [1.29, 1.82) is 0 Å². The highest BCUT2D eigenvalue weighted by Gasteiger charge is 2.70. The fourth-order valence-corrected chi connectivity index (χ4v) is 15.0. The Kier molecular flexibility index (Phi) is 13.3. The summed E-state index contributed by atoms with van der Waals surface area (Å²) in [4.78, 5) is 26.9. The number of carbonyl (C=O) groups is 2. The third-order valence-corrected chi connectivity index (χ3v) is 19.2. The molecule has 5 aliphatic carbocycles. The summed E-state index contributed by atoms with van der Waals surface area (Å²) in [5.41, 5.74) is -0.830. The molecule has 3 aliphatic heterocycles. The predicted molar refractivity (Wildman–Crippen MR) is 225 cm³/mol. The molecular formula is C47H74O18. The molecule has 24 unspecified atom stereocenters. The molecule has 0 aromatic rings. The van der Waals surface area contributed by atoms with Gasteiger partial charge in [0.15, 0.2) is 18.7 Å². The first kappa shape index (κ1) is 49.5. The van der Waals surface area contributed by atoms with Crippen molar-refractivity contribution in [3.05, 3.63) is 11.6 Å². The van der Waals surface area contributed by atoms with Gasteiger partial charge in [-0.3, -0.25) is 4.79 Å². The van der Waals surface area contributed by atoms with E-state index in [4.69, 9.17) is 28.4 Å². The lowest BCUT2D eigenvalue weighted by atomic mass is 9.33. The van der Waals surface area contributed by atoms with Crippen molar-refractivity contribution >= 4 is 11.9 Å². The van der Waals surface area contributed by atoms with Gasteiger partial charge in [0, 0.05) is 0 Å². The van der Waals surface area contributed by atoms with Crippen molar-refractivity contribution in [3.8, 4) is 0 Å². The number of hydrogen-bond donors (Lipinski definition) is 10. The molecule has 0 radical (unpaired) electrons. The molecule has 370 valence electrons. The number of aliphatic hydroxyl groups is 9. The van der Waals surface area contributed by atoms with Crippen molar-refractivity contribution in [1.82, 2.24) is 0 Å². The van der Waals surface area contributed by atoms with Crippen LogP contribution >= 0.6 is 0 Å². The number of hydrogen-bond acceptors (Lipinski definition) is 17. The van der Waals surface area contributed by atoms with Crippen molar-refractivity contribution in [3.63, 3.8) is 0 Å². The summed E-state index contributed by atoms with van der Waals surface area (Å²) < 4.78 is 35.6. The van der Waals surface area contributed by atoms with E-state index in [1.807, 2.05) is 0 Å². The number of carboxylic acid groups (broad SMARTS) is 1. The summed E-state index contributed by atoms with van der Waals surface area (Å²) in [6, 6.07) is 0. The predicted octanol–water partition coefficient (Wildman–Crippen LogP) is 0.728. The molecular weight excluding hydrogens is 852 g/mol. The van der Waals surface area contributed by atoms with Gasteiger partial charge in [0.2, 0.25) is 6.29 Å². The second-order valence-corrected chi connectivity index (χ2v) is 22.5. The van der Waals surface area contributed by atoms with Crippen LogP contribution in [0.1, 0.15) is 106 Å². The molecule has 0 aromatic heterocycles. The minimum atomic E-state index is -1.92. The van der Waals surface area contributed by atoms with E-state index in [9.17, 15) is 60.7 Å². The van der Waals surface area contributed by atoms with E-state index in [1.165, 1.54) is 5.57 Å². The van der Waals surface area contributed by atoms with Gasteiger partial charge in [-0.25, -0.2) is 4.79 Å². The molecule has 0 amide bonds. The van der Waals surface area contributed by atoms with Crippen molar-refractivity contribution in [2.45, 2.75) is 198 Å². The summed E-state index contributed by atoms with van der Waals surface area (Å²) in [5, 5.41) is 105. The molecule has 3 heterocycles. The topological polar surface area (TPSA) is 292 Å². The molecule has 7 fully saturated rings. The van der Waals surface area contributed by atoms with Gasteiger partial charge in [0.25, 0.3) is 0 Å². The van der Waals surface area contributed by atoms with Crippen LogP contribution in [0.15, 0.2) is 11.6 Å². The number of allylic oxidation sites excluding steroid dienone is 2. The van der Waals surface area contributed by atoms with Crippen molar-refractivity contribution in [2.24, 2.45) is 56.7 Å². The van der Waals surface area contributed by atoms with Crippen LogP contribution in [0.3, 0.4) is 0 Å². The summed E-state index contributed by atoms with van der Waals surface area (Å²) in [5.74, 6) is -1.39. The Morgan fingerprint density at radius 2 is 1.42 bits per heavy atom. The maximum Gasteiger partial charge on any atom is 0.335 e. The Labute approximate surface area is 380 Å². The third kappa shape index (κ3) is 7.58. The number of carboxylic acids is 1. The van der Waals surface area contributed by atoms with Crippen LogP contribution < -0.4 is 0 Å². The van der Waals surface area contributed by atoms with Crippen LogP contribution in [0.5, 0.6) is 0 Å². The van der Waals surface area contributed by atoms with E-state index in [-0.39, 0.29) is 46.5 Å². The van der Waals surface area contributed by atoms with Gasteiger partial charge in [-0.2, -0.15) is 0 Å². The Morgan fingerprint density at radius 3 is 2.09 bits per heavy atom. The largest absolute Gasteiger partial charge is 0.479 e. The molecule has 0 spiro atoms. The normalized spacial score (nSPS) is 54.2. The highest BCUT2D eigenvalue weighted by molar-refractivity contribution is 5.79. The lowest BCUT2D eigenvalue weighted by Gasteiger charge is -2.71. The summed E-state index contributed by atoms with van der Waals surface area (Å²) in [6.45, 7) is 14.9. The second kappa shape index (κ2) is 17.5. The number of aliphatic hydroxyl groups excluding tert-OH is 9. The number of rotatable bonds is 8. The first-order chi connectivity index (χ1) is 30.4. The lowest BCUT2D eigenvalue weighted by Crippen LogP contribution is -2.67. The van der Waals surface area contributed by atoms with E-state index in [2.05, 4.69) is 54.5 Å². The molecule has 18 heteroatoms. The molecule has 24 atom stereocenters. The Bertz CT molecular complexity index is 1810. The number of carbonyl (C=O) groups excluding carboxylic acids is 1. The third-order valence-electron chi connectivity index (χ3n) is 19.2. The van der Waals surface area contributed by atoms with E-state index in [1.54, 1.807) is 0 Å². The van der Waals surface area contributed by atoms with E-state index in [0.717, 1.165) is 38.5 Å². The molecule has 0 bridgehead atoms. The zero-order valence-corrected chi connectivity index (χ0v) is 38.6. The average molecular weight is 927 g/mol. The van der Waals surface area contributed by atoms with Gasteiger partial charge >= 0.3 is 11.9 Å². The zero-order valence-electron chi connectivity index (χ0n) is 38.6. The zero-order chi connectivity index (χ0) is 47.5. The molecule has 10 N–H and O–H groups in total.